The Morgan fingerprint density at radius 2 is 1.97 bits per heavy atom. The van der Waals surface area contributed by atoms with Gasteiger partial charge >= 0.3 is 0 Å². The Hall–Kier alpha value is -2.36. The predicted octanol–water partition coefficient (Wildman–Crippen LogP) is 2.38. The molecule has 0 bridgehead atoms. The molecule has 3 aromatic rings. The Bertz CT molecular complexity index is 1240. The summed E-state index contributed by atoms with van der Waals surface area (Å²) in [5, 5.41) is 0.0613. The van der Waals surface area contributed by atoms with Crippen LogP contribution >= 0.6 is 11.6 Å². The first-order chi connectivity index (χ1) is 14.4. The van der Waals surface area contributed by atoms with Crippen LogP contribution in [0.1, 0.15) is 30.6 Å². The molecule has 0 radical (unpaired) electrons. The SMILES string of the molecule is CCS(=O)(=O)c1ccc(CCc2nc3cnc(Cl)nc3n([C@H]3CCOC3)c2=O)cc1. The molecule has 1 aliphatic rings. The van der Waals surface area contributed by atoms with E-state index in [9.17, 15) is 13.2 Å². The van der Waals surface area contributed by atoms with E-state index in [2.05, 4.69) is 15.0 Å². The van der Waals surface area contributed by atoms with Gasteiger partial charge in [0.15, 0.2) is 15.5 Å². The molecule has 8 nitrogen and oxygen atoms in total. The van der Waals surface area contributed by atoms with Crippen LogP contribution in [0.4, 0.5) is 0 Å². The number of ether oxygens (including phenoxy) is 1. The Balaban J connectivity index is 1.65. The van der Waals surface area contributed by atoms with Gasteiger partial charge in [0.1, 0.15) is 11.2 Å². The lowest BCUT2D eigenvalue weighted by Crippen LogP contribution is -2.30. The Labute approximate surface area is 178 Å². The van der Waals surface area contributed by atoms with Crippen molar-refractivity contribution in [3.8, 4) is 0 Å². The fraction of sp³-hybridized carbons (Fsp3) is 0.400. The van der Waals surface area contributed by atoms with Gasteiger partial charge in [0.25, 0.3) is 5.56 Å². The minimum atomic E-state index is -3.23. The first-order valence-corrected chi connectivity index (χ1v) is 11.7. The van der Waals surface area contributed by atoms with Crippen LogP contribution < -0.4 is 5.56 Å². The molecule has 4 rings (SSSR count). The molecule has 1 atom stereocenters. The average Bonchev–Trinajstić information content (AvgIpc) is 3.27. The molecule has 0 saturated carbocycles. The molecule has 0 aliphatic carbocycles. The van der Waals surface area contributed by atoms with E-state index >= 15 is 0 Å². The number of rotatable bonds is 6. The van der Waals surface area contributed by atoms with Gasteiger partial charge in [-0.1, -0.05) is 19.1 Å². The van der Waals surface area contributed by atoms with Gasteiger partial charge < -0.3 is 4.74 Å². The zero-order valence-corrected chi connectivity index (χ0v) is 18.0. The summed E-state index contributed by atoms with van der Waals surface area (Å²) in [6.45, 7) is 2.64. The number of hydrogen-bond acceptors (Lipinski definition) is 7. The summed E-state index contributed by atoms with van der Waals surface area (Å²) in [6, 6.07) is 6.63. The van der Waals surface area contributed by atoms with Crippen molar-refractivity contribution in [2.45, 2.75) is 37.1 Å². The Kier molecular flexibility index (Phi) is 5.86. The summed E-state index contributed by atoms with van der Waals surface area (Å²) in [4.78, 5) is 26.2. The minimum absolute atomic E-state index is 0.0594. The van der Waals surface area contributed by atoms with E-state index < -0.39 is 9.84 Å². The summed E-state index contributed by atoms with van der Waals surface area (Å²) in [6.07, 6.45) is 3.19. The van der Waals surface area contributed by atoms with Crippen molar-refractivity contribution >= 4 is 32.6 Å². The molecule has 158 valence electrons. The molecule has 1 fully saturated rings. The van der Waals surface area contributed by atoms with Gasteiger partial charge in [-0.05, 0) is 48.6 Å². The summed E-state index contributed by atoms with van der Waals surface area (Å²) in [5.41, 5.74) is 2.04. The Morgan fingerprint density at radius 3 is 2.63 bits per heavy atom. The number of benzene rings is 1. The van der Waals surface area contributed by atoms with Crippen molar-refractivity contribution < 1.29 is 13.2 Å². The highest BCUT2D eigenvalue weighted by molar-refractivity contribution is 7.91. The van der Waals surface area contributed by atoms with Gasteiger partial charge in [-0.15, -0.1) is 0 Å². The standard InChI is InChI=1S/C20H21ClN4O4S/c1-2-30(27,28)15-6-3-13(4-7-15)5-8-16-19(26)25(14-9-10-29-12-14)18-17(23-16)11-22-20(21)24-18/h3-4,6-7,11,14H,2,5,8-10,12H2,1H3/t14-/m0/s1. The second-order valence-corrected chi connectivity index (χ2v) is 9.76. The van der Waals surface area contributed by atoms with E-state index in [1.54, 1.807) is 35.8 Å². The highest BCUT2D eigenvalue weighted by Gasteiger charge is 2.24. The van der Waals surface area contributed by atoms with Crippen LogP contribution in [0.5, 0.6) is 0 Å². The Morgan fingerprint density at radius 1 is 1.20 bits per heavy atom. The lowest BCUT2D eigenvalue weighted by Gasteiger charge is -2.16. The third kappa shape index (κ3) is 4.10. The maximum atomic E-state index is 13.2. The number of aryl methyl sites for hydroxylation is 2. The highest BCUT2D eigenvalue weighted by Crippen LogP contribution is 2.22. The topological polar surface area (TPSA) is 104 Å². The molecule has 1 saturated heterocycles. The minimum Gasteiger partial charge on any atom is -0.379 e. The highest BCUT2D eigenvalue weighted by atomic mass is 35.5. The van der Waals surface area contributed by atoms with Gasteiger partial charge in [-0.2, -0.15) is 4.98 Å². The summed E-state index contributed by atoms with van der Waals surface area (Å²) in [7, 11) is -3.23. The molecule has 0 unspecified atom stereocenters. The van der Waals surface area contributed by atoms with Crippen LogP contribution in [-0.4, -0.2) is 46.9 Å². The first-order valence-electron chi connectivity index (χ1n) is 9.72. The molecule has 10 heteroatoms. The predicted molar refractivity (Wildman–Crippen MR) is 113 cm³/mol. The molecule has 0 N–H and O–H groups in total. The maximum Gasteiger partial charge on any atom is 0.274 e. The maximum absolute atomic E-state index is 13.2. The van der Waals surface area contributed by atoms with E-state index in [0.29, 0.717) is 54.2 Å². The fourth-order valence-electron chi connectivity index (χ4n) is 3.55. The smallest absolute Gasteiger partial charge is 0.274 e. The van der Waals surface area contributed by atoms with Crippen molar-refractivity contribution in [1.29, 1.82) is 0 Å². The largest absolute Gasteiger partial charge is 0.379 e. The van der Waals surface area contributed by atoms with E-state index in [1.165, 1.54) is 6.20 Å². The number of fused-ring (bicyclic) bond motifs is 1. The van der Waals surface area contributed by atoms with E-state index in [4.69, 9.17) is 16.3 Å². The fourth-order valence-corrected chi connectivity index (χ4v) is 4.56. The number of halogens is 1. The van der Waals surface area contributed by atoms with Crippen molar-refractivity contribution in [1.82, 2.24) is 19.5 Å². The molecular weight excluding hydrogens is 428 g/mol. The lowest BCUT2D eigenvalue weighted by molar-refractivity contribution is 0.186. The van der Waals surface area contributed by atoms with E-state index in [-0.39, 0.29) is 22.6 Å². The first kappa shape index (κ1) is 20.9. The van der Waals surface area contributed by atoms with E-state index in [0.717, 1.165) is 5.56 Å². The number of nitrogens with zero attached hydrogens (tertiary/aromatic N) is 4. The lowest BCUT2D eigenvalue weighted by atomic mass is 10.1. The number of hydrogen-bond donors (Lipinski definition) is 0. The molecule has 2 aromatic heterocycles. The number of aromatic nitrogens is 4. The number of sulfone groups is 1. The molecule has 0 spiro atoms. The van der Waals surface area contributed by atoms with E-state index in [1.807, 2.05) is 0 Å². The van der Waals surface area contributed by atoms with Crippen LogP contribution in [0, 0.1) is 0 Å². The monoisotopic (exact) mass is 448 g/mol. The van der Waals surface area contributed by atoms with Crippen molar-refractivity contribution in [3.05, 3.63) is 57.4 Å². The van der Waals surface area contributed by atoms with Crippen LogP contribution in [0.3, 0.4) is 0 Å². The summed E-state index contributed by atoms with van der Waals surface area (Å²) >= 11 is 5.95. The molecule has 30 heavy (non-hydrogen) atoms. The molecule has 1 aromatic carbocycles. The van der Waals surface area contributed by atoms with Gasteiger partial charge in [0.05, 0.1) is 29.5 Å². The van der Waals surface area contributed by atoms with Gasteiger partial charge in [-0.25, -0.2) is 18.4 Å². The molecular formula is C20H21ClN4O4S. The summed E-state index contributed by atoms with van der Waals surface area (Å²) in [5.74, 6) is 0.0594. The van der Waals surface area contributed by atoms with Crippen molar-refractivity contribution in [2.75, 3.05) is 19.0 Å². The molecule has 0 amide bonds. The normalized spacial score (nSPS) is 16.9. The second kappa shape index (κ2) is 8.41. The zero-order chi connectivity index (χ0) is 21.3. The van der Waals surface area contributed by atoms with Gasteiger partial charge in [0.2, 0.25) is 5.28 Å². The van der Waals surface area contributed by atoms with Gasteiger partial charge in [-0.3, -0.25) is 9.36 Å². The summed E-state index contributed by atoms with van der Waals surface area (Å²) < 4.78 is 31.0. The van der Waals surface area contributed by atoms with Crippen LogP contribution in [0.2, 0.25) is 5.28 Å². The third-order valence-corrected chi connectivity index (χ3v) is 7.19. The van der Waals surface area contributed by atoms with Crippen molar-refractivity contribution in [2.24, 2.45) is 0 Å². The van der Waals surface area contributed by atoms with Crippen molar-refractivity contribution in [3.63, 3.8) is 0 Å². The van der Waals surface area contributed by atoms with Crippen LogP contribution in [0.15, 0.2) is 40.2 Å². The zero-order valence-electron chi connectivity index (χ0n) is 16.4. The van der Waals surface area contributed by atoms with Gasteiger partial charge in [0, 0.05) is 6.61 Å². The van der Waals surface area contributed by atoms with Crippen LogP contribution in [0.25, 0.3) is 11.2 Å². The molecule has 3 heterocycles. The average molecular weight is 449 g/mol. The van der Waals surface area contributed by atoms with Crippen LogP contribution in [-0.2, 0) is 27.4 Å². The quantitative estimate of drug-likeness (QED) is 0.533. The second-order valence-electron chi connectivity index (χ2n) is 7.15. The third-order valence-electron chi connectivity index (χ3n) is 5.25. The molecule has 1 aliphatic heterocycles.